The minimum Gasteiger partial charge on any atom is -0.370 e. The molecule has 0 bridgehead atoms. The Hall–Kier alpha value is -1.22. The molecule has 2 aliphatic rings. The van der Waals surface area contributed by atoms with Gasteiger partial charge in [-0.1, -0.05) is 13.0 Å². The summed E-state index contributed by atoms with van der Waals surface area (Å²) in [6.07, 6.45) is 7.56. The van der Waals surface area contributed by atoms with Crippen molar-refractivity contribution in [2.75, 3.05) is 7.11 Å². The van der Waals surface area contributed by atoms with Crippen LogP contribution in [-0.2, 0) is 16.0 Å². The first kappa shape index (κ1) is 13.7. The Morgan fingerprint density at radius 1 is 1.35 bits per heavy atom. The summed E-state index contributed by atoms with van der Waals surface area (Å²) in [6.45, 7) is 2.26. The molecule has 0 aromatic carbocycles. The maximum Gasteiger partial charge on any atom is 0.173 e. The molecule has 1 aromatic rings. The summed E-state index contributed by atoms with van der Waals surface area (Å²) >= 11 is 0. The molecule has 0 N–H and O–H groups in total. The molecule has 20 heavy (non-hydrogen) atoms. The number of aryl methyl sites for hydroxylation is 1. The van der Waals surface area contributed by atoms with E-state index in [1.165, 1.54) is 5.56 Å². The maximum atomic E-state index is 13.1. The lowest BCUT2D eigenvalue weighted by Gasteiger charge is -2.38. The summed E-state index contributed by atoms with van der Waals surface area (Å²) in [5.41, 5.74) is 1.67. The van der Waals surface area contributed by atoms with Crippen LogP contribution in [0, 0.1) is 5.92 Å². The van der Waals surface area contributed by atoms with Gasteiger partial charge in [0.2, 0.25) is 0 Å². The number of rotatable bonds is 3. The second kappa shape index (κ2) is 5.28. The molecule has 1 heterocycles. The van der Waals surface area contributed by atoms with Crippen molar-refractivity contribution in [3.63, 3.8) is 0 Å². The molecule has 1 unspecified atom stereocenters. The van der Waals surface area contributed by atoms with Crippen LogP contribution in [-0.4, -0.2) is 23.5 Å². The molecule has 1 saturated carbocycles. The minimum absolute atomic E-state index is 0.0560. The average molecular weight is 273 g/mol. The Bertz CT molecular complexity index is 503. The third-order valence-electron chi connectivity index (χ3n) is 5.20. The van der Waals surface area contributed by atoms with Crippen molar-refractivity contribution in [1.82, 2.24) is 4.98 Å². The minimum atomic E-state index is -0.559. The van der Waals surface area contributed by atoms with Crippen LogP contribution in [0.25, 0.3) is 0 Å². The van der Waals surface area contributed by atoms with E-state index in [4.69, 9.17) is 4.74 Å². The highest BCUT2D eigenvalue weighted by Crippen LogP contribution is 2.42. The Labute approximate surface area is 120 Å². The first-order valence-electron chi connectivity index (χ1n) is 7.69. The monoisotopic (exact) mass is 273 g/mol. The van der Waals surface area contributed by atoms with Crippen molar-refractivity contribution in [3.05, 3.63) is 29.6 Å². The fourth-order valence-corrected chi connectivity index (χ4v) is 3.76. The van der Waals surface area contributed by atoms with Gasteiger partial charge in [0.05, 0.1) is 11.6 Å². The Morgan fingerprint density at radius 3 is 2.80 bits per heavy atom. The van der Waals surface area contributed by atoms with Crippen LogP contribution in [0.5, 0.6) is 0 Å². The highest BCUT2D eigenvalue weighted by atomic mass is 16.5. The van der Waals surface area contributed by atoms with Crippen LogP contribution in [0.4, 0.5) is 0 Å². The lowest BCUT2D eigenvalue weighted by Crippen LogP contribution is -2.46. The maximum absolute atomic E-state index is 13.1. The van der Waals surface area contributed by atoms with Gasteiger partial charge in [-0.2, -0.15) is 0 Å². The van der Waals surface area contributed by atoms with Gasteiger partial charge in [-0.15, -0.1) is 0 Å². The van der Waals surface area contributed by atoms with E-state index in [-0.39, 0.29) is 11.7 Å². The number of carbonyl (C=O) groups excluding carboxylic acids is 1. The number of pyridine rings is 1. The van der Waals surface area contributed by atoms with E-state index in [9.17, 15) is 4.79 Å². The van der Waals surface area contributed by atoms with Gasteiger partial charge in [0, 0.05) is 13.3 Å². The fraction of sp³-hybridized carbons (Fsp3) is 0.647. The van der Waals surface area contributed by atoms with Crippen molar-refractivity contribution in [2.45, 2.75) is 57.0 Å². The molecule has 2 aliphatic carbocycles. The smallest absolute Gasteiger partial charge is 0.173 e. The van der Waals surface area contributed by atoms with E-state index in [1.54, 1.807) is 13.3 Å². The molecule has 0 radical (unpaired) electrons. The van der Waals surface area contributed by atoms with Gasteiger partial charge in [-0.3, -0.25) is 9.78 Å². The SMILES string of the molecule is COC1(C(=O)C2CCc3cccnc32)CCC(C)CC1. The molecule has 3 heteroatoms. The molecule has 3 nitrogen and oxygen atoms in total. The first-order valence-corrected chi connectivity index (χ1v) is 7.69. The van der Waals surface area contributed by atoms with E-state index in [2.05, 4.69) is 18.0 Å². The van der Waals surface area contributed by atoms with Gasteiger partial charge in [-0.25, -0.2) is 0 Å². The van der Waals surface area contributed by atoms with Crippen LogP contribution in [0.2, 0.25) is 0 Å². The summed E-state index contributed by atoms with van der Waals surface area (Å²) in [7, 11) is 1.70. The molecule has 3 rings (SSSR count). The number of Topliss-reactive ketones (excluding diaryl/α,β-unsaturated/α-hetero) is 1. The summed E-state index contributed by atoms with van der Waals surface area (Å²) in [5.74, 6) is 0.920. The molecule has 0 saturated heterocycles. The van der Waals surface area contributed by atoms with Crippen molar-refractivity contribution >= 4 is 5.78 Å². The number of methoxy groups -OCH3 is 1. The van der Waals surface area contributed by atoms with Gasteiger partial charge in [0.1, 0.15) is 5.60 Å². The van der Waals surface area contributed by atoms with Crippen molar-refractivity contribution in [3.8, 4) is 0 Å². The van der Waals surface area contributed by atoms with Crippen LogP contribution >= 0.6 is 0 Å². The number of nitrogens with zero attached hydrogens (tertiary/aromatic N) is 1. The summed E-state index contributed by atoms with van der Waals surface area (Å²) in [6, 6.07) is 4.05. The molecule has 1 atom stereocenters. The van der Waals surface area contributed by atoms with Crippen molar-refractivity contribution in [1.29, 1.82) is 0 Å². The number of aromatic nitrogens is 1. The van der Waals surface area contributed by atoms with Gasteiger partial charge in [0.25, 0.3) is 0 Å². The number of carbonyl (C=O) groups is 1. The normalized spacial score (nSPS) is 32.9. The molecule has 0 amide bonds. The van der Waals surface area contributed by atoms with Crippen LogP contribution in [0.3, 0.4) is 0 Å². The molecular weight excluding hydrogens is 250 g/mol. The zero-order valence-electron chi connectivity index (χ0n) is 12.4. The third kappa shape index (κ3) is 2.18. The number of ether oxygens (including phenoxy) is 1. The lowest BCUT2D eigenvalue weighted by atomic mass is 9.73. The van der Waals surface area contributed by atoms with Crippen molar-refractivity contribution < 1.29 is 9.53 Å². The fourth-order valence-electron chi connectivity index (χ4n) is 3.76. The number of hydrogen-bond acceptors (Lipinski definition) is 3. The topological polar surface area (TPSA) is 39.2 Å². The zero-order valence-corrected chi connectivity index (χ0v) is 12.4. The van der Waals surface area contributed by atoms with Crippen molar-refractivity contribution in [2.24, 2.45) is 5.92 Å². The van der Waals surface area contributed by atoms with Crippen LogP contribution in [0.1, 0.15) is 56.2 Å². The van der Waals surface area contributed by atoms with Crippen LogP contribution < -0.4 is 0 Å². The highest BCUT2D eigenvalue weighted by molar-refractivity contribution is 5.93. The second-order valence-corrected chi connectivity index (χ2v) is 6.38. The van der Waals surface area contributed by atoms with E-state index in [0.717, 1.165) is 44.2 Å². The standard InChI is InChI=1S/C17H23NO2/c1-12-7-9-17(20-2,10-8-12)16(19)14-6-5-13-4-3-11-18-15(13)14/h3-4,11-12,14H,5-10H2,1-2H3. The molecule has 0 spiro atoms. The van der Waals surface area contributed by atoms with E-state index in [1.807, 2.05) is 6.07 Å². The van der Waals surface area contributed by atoms with E-state index >= 15 is 0 Å². The molecule has 108 valence electrons. The average Bonchev–Trinajstić information content (AvgIpc) is 2.91. The number of hydrogen-bond donors (Lipinski definition) is 0. The van der Waals surface area contributed by atoms with Gasteiger partial charge in [0.15, 0.2) is 5.78 Å². The summed E-state index contributed by atoms with van der Waals surface area (Å²) in [4.78, 5) is 17.5. The quantitative estimate of drug-likeness (QED) is 0.848. The Balaban J connectivity index is 1.85. The molecule has 0 aliphatic heterocycles. The largest absolute Gasteiger partial charge is 0.370 e. The lowest BCUT2D eigenvalue weighted by molar-refractivity contribution is -0.147. The highest BCUT2D eigenvalue weighted by Gasteiger charge is 2.46. The molecule has 1 aromatic heterocycles. The molecular formula is C17H23NO2. The van der Waals surface area contributed by atoms with Gasteiger partial charge < -0.3 is 4.74 Å². The van der Waals surface area contributed by atoms with Crippen LogP contribution in [0.15, 0.2) is 18.3 Å². The number of fused-ring (bicyclic) bond motifs is 1. The van der Waals surface area contributed by atoms with E-state index < -0.39 is 5.60 Å². The van der Waals surface area contributed by atoms with E-state index in [0.29, 0.717) is 5.92 Å². The summed E-state index contributed by atoms with van der Waals surface area (Å²) < 4.78 is 5.74. The first-order chi connectivity index (χ1) is 9.66. The second-order valence-electron chi connectivity index (χ2n) is 6.38. The number of ketones is 1. The Morgan fingerprint density at radius 2 is 2.10 bits per heavy atom. The van der Waals surface area contributed by atoms with Gasteiger partial charge in [-0.05, 0) is 56.1 Å². The summed E-state index contributed by atoms with van der Waals surface area (Å²) in [5, 5.41) is 0. The predicted molar refractivity (Wildman–Crippen MR) is 77.7 cm³/mol. The third-order valence-corrected chi connectivity index (χ3v) is 5.20. The Kier molecular flexibility index (Phi) is 3.63. The predicted octanol–water partition coefficient (Wildman–Crippen LogP) is 3.28. The zero-order chi connectivity index (χ0) is 14.2. The molecule has 1 fully saturated rings. The van der Waals surface area contributed by atoms with Gasteiger partial charge >= 0.3 is 0 Å².